The maximum absolute atomic E-state index is 14.7. The highest BCUT2D eigenvalue weighted by molar-refractivity contribution is 6.42. The Morgan fingerprint density at radius 3 is 2.16 bits per heavy atom. The van der Waals surface area contributed by atoms with Gasteiger partial charge in [-0.1, -0.05) is 56.5 Å². The van der Waals surface area contributed by atoms with E-state index < -0.39 is 5.97 Å². The summed E-state index contributed by atoms with van der Waals surface area (Å²) in [6, 6.07) is 9.32. The minimum absolute atomic E-state index is 0.0707. The zero-order chi connectivity index (χ0) is 33.4. The number of nitrogens with zero attached hydrogens (tertiary/aromatic N) is 3. The zero-order valence-corrected chi connectivity index (χ0v) is 28.4. The van der Waals surface area contributed by atoms with Crippen molar-refractivity contribution in [3.05, 3.63) is 51.8 Å². The van der Waals surface area contributed by atoms with Gasteiger partial charge in [-0.05, 0) is 68.7 Å². The molecule has 3 unspecified atom stereocenters. The van der Waals surface area contributed by atoms with Crippen molar-refractivity contribution >= 4 is 58.8 Å². The van der Waals surface area contributed by atoms with E-state index in [9.17, 15) is 9.18 Å². The molecule has 2 aromatic carbocycles. The molecule has 0 amide bonds. The lowest BCUT2D eigenvalue weighted by Gasteiger charge is -2.35. The second-order valence-corrected chi connectivity index (χ2v) is 11.3. The monoisotopic (exact) mass is 655 g/mol. The summed E-state index contributed by atoms with van der Waals surface area (Å²) in [7, 11) is 3.80. The Labute approximate surface area is 271 Å². The lowest BCUT2D eigenvalue weighted by molar-refractivity contribution is -0.134. The van der Waals surface area contributed by atoms with Gasteiger partial charge in [0, 0.05) is 40.2 Å². The number of hydrogen-bond acceptors (Lipinski definition) is 8. The van der Waals surface area contributed by atoms with Crippen LogP contribution >= 0.6 is 23.2 Å². The number of rotatable bonds is 8. The summed E-state index contributed by atoms with van der Waals surface area (Å²) in [6.07, 6.45) is 2.35. The van der Waals surface area contributed by atoms with Crippen molar-refractivity contribution in [1.82, 2.24) is 10.2 Å². The van der Waals surface area contributed by atoms with Gasteiger partial charge in [-0.25, -0.2) is 4.39 Å². The van der Waals surface area contributed by atoms with Gasteiger partial charge >= 0.3 is 0 Å². The molecule has 246 valence electrons. The number of nitrogens with one attached hydrogen (secondary N) is 2. The number of hydrogen-bond donors (Lipinski definition) is 3. The van der Waals surface area contributed by atoms with Crippen LogP contribution < -0.4 is 20.4 Å². The van der Waals surface area contributed by atoms with E-state index in [1.54, 1.807) is 18.2 Å². The Balaban J connectivity index is 0.000000389. The quantitative estimate of drug-likeness (QED) is 0.296. The van der Waals surface area contributed by atoms with Crippen LogP contribution in [0.15, 0.2) is 30.3 Å². The molecular weight excluding hydrogens is 608 g/mol. The maximum atomic E-state index is 14.7. The Hall–Kier alpha value is -2.92. The Morgan fingerprint density at radius 1 is 1.11 bits per heavy atom. The molecule has 9 nitrogen and oxygen atoms in total. The van der Waals surface area contributed by atoms with Gasteiger partial charge < -0.3 is 35.2 Å². The van der Waals surface area contributed by atoms with Gasteiger partial charge in [0.05, 0.1) is 27.1 Å². The minimum Gasteiger partial charge on any atom is -0.481 e. The van der Waals surface area contributed by atoms with Crippen molar-refractivity contribution in [2.24, 2.45) is 5.92 Å². The second kappa shape index (κ2) is 20.2. The lowest BCUT2D eigenvalue weighted by Crippen LogP contribution is -2.46. The number of carboxylic acid groups (broad SMARTS) is 1. The minimum atomic E-state index is -0.833. The molecule has 4 rings (SSSR count). The molecule has 2 aliphatic heterocycles. The van der Waals surface area contributed by atoms with Crippen LogP contribution in [0.1, 0.15) is 52.5 Å². The molecule has 44 heavy (non-hydrogen) atoms. The average molecular weight is 657 g/mol. The van der Waals surface area contributed by atoms with Crippen molar-refractivity contribution in [2.45, 2.75) is 53.1 Å². The van der Waals surface area contributed by atoms with Gasteiger partial charge in [0.25, 0.3) is 5.97 Å². The van der Waals surface area contributed by atoms with Crippen molar-refractivity contribution < 1.29 is 23.9 Å². The number of benzene rings is 2. The predicted molar refractivity (Wildman–Crippen MR) is 180 cm³/mol. The molecule has 12 heteroatoms. The van der Waals surface area contributed by atoms with Crippen LogP contribution in [0.3, 0.4) is 0 Å². The van der Waals surface area contributed by atoms with Crippen molar-refractivity contribution in [1.29, 1.82) is 0 Å². The fourth-order valence-corrected chi connectivity index (χ4v) is 5.37. The highest BCUT2D eigenvalue weighted by atomic mass is 35.5. The van der Waals surface area contributed by atoms with Crippen LogP contribution in [0.25, 0.3) is 0 Å². The smallest absolute Gasteiger partial charge is 0.300 e. The first-order valence-electron chi connectivity index (χ1n) is 14.8. The largest absolute Gasteiger partial charge is 0.481 e. The Morgan fingerprint density at radius 2 is 1.68 bits per heavy atom. The van der Waals surface area contributed by atoms with E-state index in [4.69, 9.17) is 37.9 Å². The molecule has 0 bridgehead atoms. The van der Waals surface area contributed by atoms with E-state index in [0.29, 0.717) is 21.9 Å². The first-order valence-corrected chi connectivity index (χ1v) is 15.6. The molecule has 0 spiro atoms. The number of likely N-dealkylation sites (N-methyl/N-ethyl adjacent to an activating group) is 2. The molecule has 1 fully saturated rings. The summed E-state index contributed by atoms with van der Waals surface area (Å²) in [4.78, 5) is 34.9. The summed E-state index contributed by atoms with van der Waals surface area (Å²) in [5, 5.41) is 14.7. The molecule has 0 radical (unpaired) electrons. The molecule has 2 heterocycles. The average Bonchev–Trinajstić information content (AvgIpc) is 3.30. The van der Waals surface area contributed by atoms with E-state index in [1.165, 1.54) is 6.92 Å². The molecule has 2 aliphatic rings. The van der Waals surface area contributed by atoms with Crippen LogP contribution in [0, 0.1) is 11.7 Å². The molecule has 0 aromatic heterocycles. The number of carboxylic acids is 1. The van der Waals surface area contributed by atoms with Gasteiger partial charge in [0.15, 0.2) is 12.5 Å². The first-order chi connectivity index (χ1) is 20.9. The number of fused-ring (bicyclic) bond motifs is 1. The van der Waals surface area contributed by atoms with Crippen molar-refractivity contribution in [3.63, 3.8) is 0 Å². The summed E-state index contributed by atoms with van der Waals surface area (Å²) in [5.41, 5.74) is 3.59. The van der Waals surface area contributed by atoms with Crippen LogP contribution in [-0.4, -0.2) is 88.1 Å². The number of piperazine rings is 1. The molecular formula is C32H48Cl2FN5O4. The van der Waals surface area contributed by atoms with E-state index in [0.717, 1.165) is 87.8 Å². The summed E-state index contributed by atoms with van der Waals surface area (Å²) >= 11 is 11.7. The van der Waals surface area contributed by atoms with Gasteiger partial charge in [-0.15, -0.1) is 0 Å². The third-order valence-corrected chi connectivity index (χ3v) is 8.35. The molecule has 3 atom stereocenters. The van der Waals surface area contributed by atoms with Gasteiger partial charge in [0.1, 0.15) is 12.1 Å². The lowest BCUT2D eigenvalue weighted by atomic mass is 9.85. The SMILES string of the molecule is CC(=O)O.CC=O.CCC(CNC)C(C)c1ccc(N2CCN(CC)CC2)c(F)c1.CN1c2cc(Cl)c(Cl)cc2NC1C=O. The predicted octanol–water partition coefficient (Wildman–Crippen LogP) is 5.99. The van der Waals surface area contributed by atoms with Gasteiger partial charge in [-0.3, -0.25) is 9.59 Å². The van der Waals surface area contributed by atoms with Crippen LogP contribution in [0.2, 0.25) is 10.0 Å². The number of carbonyl (C=O) groups is 3. The van der Waals surface area contributed by atoms with Crippen LogP contribution in [0.5, 0.6) is 0 Å². The molecule has 0 aliphatic carbocycles. The summed E-state index contributed by atoms with van der Waals surface area (Å²) in [6.45, 7) is 15.0. The van der Waals surface area contributed by atoms with Crippen molar-refractivity contribution in [2.75, 3.05) is 68.5 Å². The zero-order valence-electron chi connectivity index (χ0n) is 26.9. The van der Waals surface area contributed by atoms with E-state index in [2.05, 4.69) is 47.3 Å². The van der Waals surface area contributed by atoms with Crippen LogP contribution in [0.4, 0.5) is 21.5 Å². The van der Waals surface area contributed by atoms with Gasteiger partial charge in [0.2, 0.25) is 0 Å². The third kappa shape index (κ3) is 11.9. The number of aliphatic carboxylic acids is 1. The fraction of sp³-hybridized carbons (Fsp3) is 0.531. The molecule has 2 aromatic rings. The van der Waals surface area contributed by atoms with Crippen LogP contribution in [-0.2, 0) is 14.4 Å². The molecule has 3 N–H and O–H groups in total. The van der Waals surface area contributed by atoms with E-state index in [1.807, 2.05) is 25.1 Å². The maximum Gasteiger partial charge on any atom is 0.300 e. The molecule has 1 saturated heterocycles. The topological polar surface area (TPSA) is 105 Å². The standard InChI is InChI=1S/C19H32FN3.C9H8Cl2N2O.C2H4O2.C2H4O/c1-5-16(14-21-4)15(3)17-7-8-19(18(20)13-17)23-11-9-22(6-2)10-12-23;1-13-8-3-6(11)5(10)2-7(8)12-9(13)4-14;1-2(3)4;1-2-3/h7-8,13,15-16,21H,5-6,9-12,14H2,1-4H3;2-4,9,12H,1H3;1H3,(H,3,4);2H,1H3. The fourth-order valence-electron chi connectivity index (χ4n) is 5.05. The Bertz CT molecular complexity index is 1190. The highest BCUT2D eigenvalue weighted by Crippen LogP contribution is 2.39. The number of carbonyl (C=O) groups excluding carboxylic acids is 2. The number of halogens is 3. The third-order valence-electron chi connectivity index (χ3n) is 7.62. The molecule has 0 saturated carbocycles. The Kier molecular flexibility index (Phi) is 17.9. The van der Waals surface area contributed by atoms with E-state index in [-0.39, 0.29) is 12.0 Å². The van der Waals surface area contributed by atoms with Gasteiger partial charge in [-0.2, -0.15) is 0 Å². The van der Waals surface area contributed by atoms with Crippen molar-refractivity contribution in [3.8, 4) is 0 Å². The normalized spacial score (nSPS) is 16.8. The van der Waals surface area contributed by atoms with E-state index >= 15 is 0 Å². The highest BCUT2D eigenvalue weighted by Gasteiger charge is 2.26. The summed E-state index contributed by atoms with van der Waals surface area (Å²) < 4.78 is 14.7. The number of anilines is 3. The first kappa shape index (κ1) is 39.1. The number of aldehydes is 2. The summed E-state index contributed by atoms with van der Waals surface area (Å²) in [5.74, 6) is 0.00453. The second-order valence-electron chi connectivity index (χ2n) is 10.5.